The summed E-state index contributed by atoms with van der Waals surface area (Å²) in [5.41, 5.74) is 2.73. The molecule has 29 heavy (non-hydrogen) atoms. The van der Waals surface area contributed by atoms with E-state index >= 15 is 0 Å². The van der Waals surface area contributed by atoms with E-state index < -0.39 is 23.4 Å². The Balaban J connectivity index is 1.46. The first-order valence-corrected chi connectivity index (χ1v) is 10.7. The molecule has 1 atom stereocenters. The third-order valence-electron chi connectivity index (χ3n) is 4.68. The Hall–Kier alpha value is -2.98. The van der Waals surface area contributed by atoms with Crippen molar-refractivity contribution in [2.75, 3.05) is 5.75 Å². The molecule has 3 heterocycles. The third-order valence-corrected chi connectivity index (χ3v) is 6.70. The molecule has 1 fully saturated rings. The summed E-state index contributed by atoms with van der Waals surface area (Å²) in [6.45, 7) is 1.81. The molecular weight excluding hydrogens is 410 g/mol. The molecular formula is C19H17N5O3S2. The number of hydrogen-bond acceptors (Lipinski definition) is 7. The van der Waals surface area contributed by atoms with Crippen LogP contribution in [-0.4, -0.2) is 38.6 Å². The minimum absolute atomic E-state index is 0.00549. The van der Waals surface area contributed by atoms with Crippen molar-refractivity contribution < 1.29 is 14.4 Å². The average molecular weight is 428 g/mol. The molecule has 1 unspecified atom stereocenters. The molecule has 3 aromatic rings. The lowest BCUT2D eigenvalue weighted by molar-refractivity contribution is -0.138. The minimum atomic E-state index is -1.19. The highest BCUT2D eigenvalue weighted by molar-refractivity contribution is 8.00. The van der Waals surface area contributed by atoms with Crippen molar-refractivity contribution in [3.8, 4) is 0 Å². The lowest BCUT2D eigenvalue weighted by Gasteiger charge is -2.25. The van der Waals surface area contributed by atoms with E-state index in [4.69, 9.17) is 0 Å². The van der Waals surface area contributed by atoms with Crippen molar-refractivity contribution in [3.63, 3.8) is 0 Å². The van der Waals surface area contributed by atoms with Crippen molar-refractivity contribution in [1.82, 2.24) is 25.7 Å². The lowest BCUT2D eigenvalue weighted by Crippen LogP contribution is -2.49. The molecule has 2 aromatic heterocycles. The smallest absolute Gasteiger partial charge is 0.318 e. The van der Waals surface area contributed by atoms with E-state index in [1.165, 1.54) is 29.4 Å². The van der Waals surface area contributed by atoms with Crippen molar-refractivity contribution in [1.29, 1.82) is 0 Å². The molecule has 0 saturated carbocycles. The fourth-order valence-corrected chi connectivity index (χ4v) is 4.94. The van der Waals surface area contributed by atoms with Crippen LogP contribution in [0.15, 0.2) is 53.1 Å². The number of hydrogen-bond donors (Lipinski definition) is 2. The van der Waals surface area contributed by atoms with Gasteiger partial charge in [0.1, 0.15) is 16.9 Å². The van der Waals surface area contributed by atoms with Crippen LogP contribution in [0.2, 0.25) is 0 Å². The predicted octanol–water partition coefficient (Wildman–Crippen LogP) is 2.67. The van der Waals surface area contributed by atoms with Gasteiger partial charge in [0.05, 0.1) is 16.0 Å². The van der Waals surface area contributed by atoms with Gasteiger partial charge in [-0.3, -0.25) is 15.0 Å². The van der Waals surface area contributed by atoms with Crippen molar-refractivity contribution in [2.45, 2.75) is 23.9 Å². The van der Waals surface area contributed by atoms with Gasteiger partial charge in [-0.05, 0) is 23.4 Å². The summed E-state index contributed by atoms with van der Waals surface area (Å²) in [6.07, 6.45) is 1.81. The van der Waals surface area contributed by atoms with Gasteiger partial charge in [0.2, 0.25) is 5.91 Å². The fraction of sp³-hybridized carbons (Fsp3) is 0.211. The topological polar surface area (TPSA) is 104 Å². The van der Waals surface area contributed by atoms with Gasteiger partial charge in [0.15, 0.2) is 0 Å². The zero-order chi connectivity index (χ0) is 20.4. The number of aromatic nitrogens is 2. The molecule has 4 amide bonds. The SMILES string of the molecule is CCC1(c2ccccc2)NC(=O)N(NC(=O)CSc2ncnc3ccsc23)C1=O. The first kappa shape index (κ1) is 19.3. The highest BCUT2D eigenvalue weighted by atomic mass is 32.2. The second-order valence-corrected chi connectivity index (χ2v) is 8.21. The Labute approximate surface area is 174 Å². The molecule has 1 aliphatic rings. The maximum Gasteiger partial charge on any atom is 0.344 e. The Bertz CT molecular complexity index is 1090. The molecule has 8 nitrogen and oxygen atoms in total. The average Bonchev–Trinajstić information content (AvgIpc) is 3.32. The van der Waals surface area contributed by atoms with Crippen LogP contribution in [0.1, 0.15) is 18.9 Å². The normalized spacial score (nSPS) is 18.9. The summed E-state index contributed by atoms with van der Waals surface area (Å²) in [4.78, 5) is 46.3. The van der Waals surface area contributed by atoms with Crippen LogP contribution in [0.4, 0.5) is 4.79 Å². The first-order chi connectivity index (χ1) is 14.0. The summed E-state index contributed by atoms with van der Waals surface area (Å²) in [5, 5.41) is 6.09. The second kappa shape index (κ2) is 7.80. The zero-order valence-corrected chi connectivity index (χ0v) is 17.0. The number of nitrogens with one attached hydrogen (secondary N) is 2. The number of imide groups is 1. The number of urea groups is 1. The highest BCUT2D eigenvalue weighted by Crippen LogP contribution is 2.32. The van der Waals surface area contributed by atoms with Crippen LogP contribution in [0.3, 0.4) is 0 Å². The molecule has 4 rings (SSSR count). The summed E-state index contributed by atoms with van der Waals surface area (Å²) in [5.74, 6) is -0.968. The number of thioether (sulfide) groups is 1. The van der Waals surface area contributed by atoms with E-state index in [2.05, 4.69) is 20.7 Å². The van der Waals surface area contributed by atoms with Gasteiger partial charge in [-0.1, -0.05) is 49.0 Å². The number of carbonyl (C=O) groups is 3. The van der Waals surface area contributed by atoms with E-state index in [1.54, 1.807) is 24.3 Å². The molecule has 1 aliphatic heterocycles. The Morgan fingerprint density at radius 2 is 2.03 bits per heavy atom. The van der Waals surface area contributed by atoms with E-state index in [-0.39, 0.29) is 5.75 Å². The molecule has 0 spiro atoms. The maximum absolute atomic E-state index is 13.0. The summed E-state index contributed by atoms with van der Waals surface area (Å²) >= 11 is 2.72. The van der Waals surface area contributed by atoms with Crippen LogP contribution in [0.5, 0.6) is 0 Å². The Morgan fingerprint density at radius 1 is 1.24 bits per heavy atom. The lowest BCUT2D eigenvalue weighted by atomic mass is 9.87. The molecule has 148 valence electrons. The van der Waals surface area contributed by atoms with Gasteiger partial charge < -0.3 is 5.32 Å². The highest BCUT2D eigenvalue weighted by Gasteiger charge is 2.52. The summed E-state index contributed by atoms with van der Waals surface area (Å²) in [7, 11) is 0. The number of benzene rings is 1. The van der Waals surface area contributed by atoms with Crippen LogP contribution >= 0.6 is 23.1 Å². The number of carbonyl (C=O) groups excluding carboxylic acids is 3. The Kier molecular flexibility index (Phi) is 5.20. The van der Waals surface area contributed by atoms with Crippen LogP contribution < -0.4 is 10.7 Å². The van der Waals surface area contributed by atoms with Gasteiger partial charge in [0.25, 0.3) is 5.91 Å². The van der Waals surface area contributed by atoms with Crippen molar-refractivity contribution in [2.24, 2.45) is 0 Å². The monoisotopic (exact) mass is 427 g/mol. The number of thiophene rings is 1. The first-order valence-electron chi connectivity index (χ1n) is 8.88. The van der Waals surface area contributed by atoms with Crippen LogP contribution in [0.25, 0.3) is 10.2 Å². The maximum atomic E-state index is 13.0. The van der Waals surface area contributed by atoms with E-state index in [9.17, 15) is 14.4 Å². The summed E-state index contributed by atoms with van der Waals surface area (Å²) in [6, 6.07) is 10.2. The summed E-state index contributed by atoms with van der Waals surface area (Å²) < 4.78 is 0.898. The molecule has 2 N–H and O–H groups in total. The van der Waals surface area contributed by atoms with Gasteiger partial charge in [-0.15, -0.1) is 11.3 Å². The number of rotatable bonds is 6. The number of nitrogens with zero attached hydrogens (tertiary/aromatic N) is 3. The molecule has 1 aromatic carbocycles. The van der Waals surface area contributed by atoms with E-state index in [0.717, 1.165) is 15.2 Å². The number of fused-ring (bicyclic) bond motifs is 1. The Morgan fingerprint density at radius 3 is 2.79 bits per heavy atom. The standard InChI is InChI=1S/C19H17N5O3S2/c1-2-19(12-6-4-3-5-7-12)17(26)24(18(27)22-19)23-14(25)10-29-16-15-13(8-9-28-15)20-11-21-16/h3-9,11H,2,10H2,1H3,(H,22,27)(H,23,25). The predicted molar refractivity (Wildman–Crippen MR) is 110 cm³/mol. The largest absolute Gasteiger partial charge is 0.344 e. The van der Waals surface area contributed by atoms with Gasteiger partial charge in [-0.25, -0.2) is 14.8 Å². The molecule has 0 aliphatic carbocycles. The van der Waals surface area contributed by atoms with E-state index in [1.807, 2.05) is 24.4 Å². The minimum Gasteiger partial charge on any atom is -0.318 e. The zero-order valence-electron chi connectivity index (χ0n) is 15.4. The third kappa shape index (κ3) is 3.45. The van der Waals surface area contributed by atoms with Crippen LogP contribution in [0, 0.1) is 0 Å². The fourth-order valence-electron chi connectivity index (χ4n) is 3.20. The molecule has 0 bridgehead atoms. The quantitative estimate of drug-likeness (QED) is 0.356. The second-order valence-electron chi connectivity index (χ2n) is 6.33. The molecule has 10 heteroatoms. The van der Waals surface area contributed by atoms with E-state index in [0.29, 0.717) is 17.0 Å². The number of hydrazine groups is 1. The molecule has 0 radical (unpaired) electrons. The van der Waals surface area contributed by atoms with Crippen LogP contribution in [-0.2, 0) is 15.1 Å². The van der Waals surface area contributed by atoms with Gasteiger partial charge in [0, 0.05) is 0 Å². The number of amides is 4. The van der Waals surface area contributed by atoms with Gasteiger partial charge >= 0.3 is 6.03 Å². The van der Waals surface area contributed by atoms with Crippen molar-refractivity contribution >= 4 is 51.2 Å². The van der Waals surface area contributed by atoms with Crippen molar-refractivity contribution in [3.05, 3.63) is 53.7 Å². The molecule has 1 saturated heterocycles. The van der Waals surface area contributed by atoms with Gasteiger partial charge in [-0.2, -0.15) is 5.01 Å².